The van der Waals surface area contributed by atoms with Crippen LogP contribution in [-0.4, -0.2) is 18.8 Å². The number of benzene rings is 3. The minimum atomic E-state index is -0.399. The van der Waals surface area contributed by atoms with Gasteiger partial charge in [-0.15, -0.1) is 0 Å². The average Bonchev–Trinajstić information content (AvgIpc) is 3.15. The van der Waals surface area contributed by atoms with Crippen LogP contribution >= 0.6 is 0 Å². The Bertz CT molecular complexity index is 1720. The van der Waals surface area contributed by atoms with Crippen LogP contribution < -0.4 is 10.5 Å². The van der Waals surface area contributed by atoms with Crippen molar-refractivity contribution in [3.63, 3.8) is 0 Å². The van der Waals surface area contributed by atoms with Gasteiger partial charge in [-0.05, 0) is 78.3 Å². The molecule has 0 aliphatic carbocycles. The fraction of sp³-hybridized carbons (Fsp3) is 0.394. The average molecular weight is 491 g/mol. The quantitative estimate of drug-likeness (QED) is 0.274. The molecule has 7 rings (SSSR count). The molecule has 0 saturated carbocycles. The molecule has 3 aromatic carbocycles. The van der Waals surface area contributed by atoms with Gasteiger partial charge in [0.1, 0.15) is 5.58 Å². The van der Waals surface area contributed by atoms with Crippen molar-refractivity contribution in [2.45, 2.75) is 71.6 Å². The Balaban J connectivity index is 1.48. The number of rotatable bonds is 2. The summed E-state index contributed by atoms with van der Waals surface area (Å²) in [4.78, 5) is 21.5. The third-order valence-electron chi connectivity index (χ3n) is 9.06. The topological polar surface area (TPSA) is 45.8 Å². The van der Waals surface area contributed by atoms with E-state index in [-0.39, 0.29) is 5.63 Å². The summed E-state index contributed by atoms with van der Waals surface area (Å²) in [5.74, 6) is 0.441. The van der Waals surface area contributed by atoms with Crippen molar-refractivity contribution in [3.8, 4) is 0 Å². The van der Waals surface area contributed by atoms with Crippen LogP contribution in [0.25, 0.3) is 21.7 Å². The summed E-state index contributed by atoms with van der Waals surface area (Å²) in [6.07, 6.45) is 4.35. The van der Waals surface area contributed by atoms with Gasteiger partial charge in [-0.25, -0.2) is 4.79 Å². The number of hydrogen-bond acceptors (Lipinski definition) is 4. The molecule has 0 bridgehead atoms. The molecule has 1 aromatic heterocycles. The van der Waals surface area contributed by atoms with E-state index in [0.717, 1.165) is 65.7 Å². The van der Waals surface area contributed by atoms with Gasteiger partial charge < -0.3 is 9.32 Å². The molecule has 188 valence electrons. The van der Waals surface area contributed by atoms with E-state index in [1.54, 1.807) is 0 Å². The molecule has 0 amide bonds. The maximum absolute atomic E-state index is 13.8. The first kappa shape index (κ1) is 22.8. The van der Waals surface area contributed by atoms with Crippen molar-refractivity contribution in [3.05, 3.63) is 80.2 Å². The van der Waals surface area contributed by atoms with Crippen LogP contribution in [0.3, 0.4) is 0 Å². The van der Waals surface area contributed by atoms with Crippen molar-refractivity contribution in [1.82, 2.24) is 0 Å². The molecule has 4 heterocycles. The number of fused-ring (bicyclic) bond motifs is 5. The molecule has 0 N–H and O–H groups in total. The third-order valence-corrected chi connectivity index (χ3v) is 9.06. The first-order valence-corrected chi connectivity index (χ1v) is 13.8. The van der Waals surface area contributed by atoms with Crippen molar-refractivity contribution >= 4 is 38.8 Å². The predicted molar refractivity (Wildman–Crippen MR) is 153 cm³/mol. The van der Waals surface area contributed by atoms with Gasteiger partial charge in [0.15, 0.2) is 0 Å². The van der Waals surface area contributed by atoms with Gasteiger partial charge in [-0.1, -0.05) is 52.0 Å². The van der Waals surface area contributed by atoms with Crippen molar-refractivity contribution in [2.75, 3.05) is 18.0 Å². The minimum Gasteiger partial charge on any atom is -0.422 e. The van der Waals surface area contributed by atoms with E-state index in [1.165, 1.54) is 39.7 Å². The zero-order chi connectivity index (χ0) is 25.6. The molecule has 4 nitrogen and oxygen atoms in total. The Morgan fingerprint density at radius 1 is 1.00 bits per heavy atom. The molecular weight excluding hydrogens is 456 g/mol. The van der Waals surface area contributed by atoms with Gasteiger partial charge in [0.2, 0.25) is 0 Å². The normalized spacial score (nSPS) is 17.9. The lowest BCUT2D eigenvalue weighted by Gasteiger charge is -2.37. The summed E-state index contributed by atoms with van der Waals surface area (Å²) in [6.45, 7) is 13.1. The maximum atomic E-state index is 13.8. The standard InChI is InChI=1S/C33H34N2O2/c1-18(2)21-11-10-20-12-13-26-28(25(20)16-21)34-31(33(26,4)5)27-19(3)24-17-22-8-6-14-35-15-7-9-23(29(22)35)30(24)37-32(27)36/h10-13,16-18H,6-9,14-15H2,1-5H3. The van der Waals surface area contributed by atoms with Crippen LogP contribution in [0.15, 0.2) is 50.6 Å². The fourth-order valence-electron chi connectivity index (χ4n) is 6.98. The molecule has 0 radical (unpaired) electrons. The van der Waals surface area contributed by atoms with Crippen LogP contribution in [0, 0.1) is 6.92 Å². The van der Waals surface area contributed by atoms with E-state index in [1.807, 2.05) is 0 Å². The third kappa shape index (κ3) is 3.14. The molecular formula is C33H34N2O2. The second-order valence-electron chi connectivity index (χ2n) is 12.0. The molecule has 0 unspecified atom stereocenters. The monoisotopic (exact) mass is 490 g/mol. The highest BCUT2D eigenvalue weighted by Crippen LogP contribution is 2.47. The summed E-state index contributed by atoms with van der Waals surface area (Å²) in [6, 6.07) is 13.4. The van der Waals surface area contributed by atoms with Crippen LogP contribution in [-0.2, 0) is 18.3 Å². The summed E-state index contributed by atoms with van der Waals surface area (Å²) in [7, 11) is 0. The number of anilines is 1. The lowest BCUT2D eigenvalue weighted by atomic mass is 9.77. The zero-order valence-electron chi connectivity index (χ0n) is 22.5. The van der Waals surface area contributed by atoms with Crippen molar-refractivity contribution in [1.29, 1.82) is 0 Å². The van der Waals surface area contributed by atoms with Crippen molar-refractivity contribution < 1.29 is 4.42 Å². The largest absolute Gasteiger partial charge is 0.422 e. The molecule has 37 heavy (non-hydrogen) atoms. The molecule has 3 aliphatic heterocycles. The van der Waals surface area contributed by atoms with Crippen LogP contribution in [0.2, 0.25) is 0 Å². The maximum Gasteiger partial charge on any atom is 0.345 e. The highest BCUT2D eigenvalue weighted by molar-refractivity contribution is 6.17. The van der Waals surface area contributed by atoms with Gasteiger partial charge in [0.05, 0.1) is 17.0 Å². The fourth-order valence-corrected chi connectivity index (χ4v) is 6.98. The summed E-state index contributed by atoms with van der Waals surface area (Å²) >= 11 is 0. The van der Waals surface area contributed by atoms with Gasteiger partial charge in [0, 0.05) is 40.5 Å². The van der Waals surface area contributed by atoms with E-state index < -0.39 is 5.41 Å². The van der Waals surface area contributed by atoms with Crippen LogP contribution in [0.5, 0.6) is 0 Å². The molecule has 0 atom stereocenters. The number of nitrogens with zero attached hydrogens (tertiary/aromatic N) is 2. The molecule has 3 aliphatic rings. The van der Waals surface area contributed by atoms with E-state index in [9.17, 15) is 4.79 Å². The number of aryl methyl sites for hydroxylation is 3. The van der Waals surface area contributed by atoms with Gasteiger partial charge >= 0.3 is 5.63 Å². The Morgan fingerprint density at radius 2 is 1.76 bits per heavy atom. The Hall–Kier alpha value is -3.40. The number of hydrogen-bond donors (Lipinski definition) is 0. The summed E-state index contributed by atoms with van der Waals surface area (Å²) in [5, 5.41) is 3.42. The Kier molecular flexibility index (Phi) is 4.80. The SMILES string of the molecule is Cc1c(C2=Nc3c(ccc4ccc(C(C)C)cc34)C2(C)C)c(=O)oc2c3c4c(cc12)CCCN4CCC3. The first-order chi connectivity index (χ1) is 17.8. The van der Waals surface area contributed by atoms with Gasteiger partial charge in [0.25, 0.3) is 0 Å². The van der Waals surface area contributed by atoms with E-state index in [2.05, 4.69) is 75.9 Å². The molecule has 0 saturated heterocycles. The highest BCUT2D eigenvalue weighted by atomic mass is 16.4. The zero-order valence-corrected chi connectivity index (χ0v) is 22.5. The Labute approximate surface area is 218 Å². The van der Waals surface area contributed by atoms with E-state index in [4.69, 9.17) is 9.41 Å². The second kappa shape index (κ2) is 7.80. The van der Waals surface area contributed by atoms with E-state index >= 15 is 0 Å². The smallest absolute Gasteiger partial charge is 0.345 e. The summed E-state index contributed by atoms with van der Waals surface area (Å²) < 4.78 is 6.22. The highest BCUT2D eigenvalue weighted by Gasteiger charge is 2.39. The lowest BCUT2D eigenvalue weighted by molar-refractivity contribution is 0.545. The minimum absolute atomic E-state index is 0.263. The lowest BCUT2D eigenvalue weighted by Crippen LogP contribution is -2.35. The van der Waals surface area contributed by atoms with Crippen LogP contribution in [0.1, 0.15) is 79.8 Å². The molecule has 4 heteroatoms. The summed E-state index contributed by atoms with van der Waals surface area (Å²) in [5.41, 5.74) is 10.0. The number of aliphatic imine (C=N–C) groups is 1. The van der Waals surface area contributed by atoms with E-state index in [0.29, 0.717) is 11.5 Å². The second-order valence-corrected chi connectivity index (χ2v) is 12.0. The van der Waals surface area contributed by atoms with Gasteiger partial charge in [-0.2, -0.15) is 0 Å². The first-order valence-electron chi connectivity index (χ1n) is 13.8. The molecule has 0 spiro atoms. The Morgan fingerprint density at radius 3 is 2.54 bits per heavy atom. The molecule has 0 fully saturated rings. The van der Waals surface area contributed by atoms with Crippen LogP contribution in [0.4, 0.5) is 11.4 Å². The van der Waals surface area contributed by atoms with Gasteiger partial charge in [-0.3, -0.25) is 4.99 Å². The predicted octanol–water partition coefficient (Wildman–Crippen LogP) is 7.49. The van der Waals surface area contributed by atoms with Crippen molar-refractivity contribution in [2.24, 2.45) is 4.99 Å². The molecule has 4 aromatic rings.